The van der Waals surface area contributed by atoms with Gasteiger partial charge in [-0.1, -0.05) is 12.1 Å². The van der Waals surface area contributed by atoms with E-state index >= 15 is 0 Å². The summed E-state index contributed by atoms with van der Waals surface area (Å²) in [6.07, 6.45) is 0. The first kappa shape index (κ1) is 12.7. The van der Waals surface area contributed by atoms with Gasteiger partial charge in [0.05, 0.1) is 12.2 Å². The number of carbonyl (C=O) groups excluding carboxylic acids is 2. The summed E-state index contributed by atoms with van der Waals surface area (Å²) in [5, 5.41) is 5.14. The van der Waals surface area contributed by atoms with Gasteiger partial charge < -0.3 is 10.6 Å². The molecular formula is C11H13BrN2O2. The number of amides is 2. The molecule has 16 heavy (non-hydrogen) atoms. The van der Waals surface area contributed by atoms with Crippen molar-refractivity contribution in [3.63, 3.8) is 0 Å². The van der Waals surface area contributed by atoms with Crippen LogP contribution in [-0.4, -0.2) is 18.4 Å². The molecule has 0 saturated heterocycles. The van der Waals surface area contributed by atoms with Crippen LogP contribution in [0.2, 0.25) is 0 Å². The SMILES string of the molecule is CC(=O)NCC(=O)Nc1cccc(C)c1Br. The van der Waals surface area contributed by atoms with Crippen molar-refractivity contribution in [2.45, 2.75) is 13.8 Å². The predicted molar refractivity (Wildman–Crippen MR) is 66.2 cm³/mol. The van der Waals surface area contributed by atoms with E-state index in [9.17, 15) is 9.59 Å². The molecule has 0 heterocycles. The number of hydrogen-bond acceptors (Lipinski definition) is 2. The normalized spacial score (nSPS) is 9.69. The zero-order chi connectivity index (χ0) is 12.1. The smallest absolute Gasteiger partial charge is 0.243 e. The van der Waals surface area contributed by atoms with Crippen molar-refractivity contribution >= 4 is 33.4 Å². The van der Waals surface area contributed by atoms with E-state index < -0.39 is 0 Å². The Balaban J connectivity index is 2.63. The van der Waals surface area contributed by atoms with Crippen molar-refractivity contribution in [2.24, 2.45) is 0 Å². The van der Waals surface area contributed by atoms with Gasteiger partial charge >= 0.3 is 0 Å². The van der Waals surface area contributed by atoms with Gasteiger partial charge in [-0.05, 0) is 34.5 Å². The number of rotatable bonds is 3. The lowest BCUT2D eigenvalue weighted by molar-refractivity contribution is -0.122. The maximum Gasteiger partial charge on any atom is 0.243 e. The Morgan fingerprint density at radius 3 is 2.69 bits per heavy atom. The molecule has 0 bridgehead atoms. The Bertz CT molecular complexity index is 418. The van der Waals surface area contributed by atoms with Gasteiger partial charge in [0, 0.05) is 11.4 Å². The van der Waals surface area contributed by atoms with Crippen LogP contribution < -0.4 is 10.6 Å². The highest BCUT2D eigenvalue weighted by Gasteiger charge is 2.06. The van der Waals surface area contributed by atoms with E-state index in [1.807, 2.05) is 19.1 Å². The van der Waals surface area contributed by atoms with Gasteiger partial charge in [0.1, 0.15) is 0 Å². The molecule has 0 radical (unpaired) electrons. The van der Waals surface area contributed by atoms with Crippen LogP contribution in [0, 0.1) is 6.92 Å². The van der Waals surface area contributed by atoms with E-state index in [1.54, 1.807) is 6.07 Å². The Kier molecular flexibility index (Phi) is 4.49. The zero-order valence-corrected chi connectivity index (χ0v) is 10.7. The Hall–Kier alpha value is -1.36. The lowest BCUT2D eigenvalue weighted by atomic mass is 10.2. The summed E-state index contributed by atoms with van der Waals surface area (Å²) in [6, 6.07) is 5.59. The van der Waals surface area contributed by atoms with Gasteiger partial charge in [0.25, 0.3) is 0 Å². The lowest BCUT2D eigenvalue weighted by Crippen LogP contribution is -2.31. The number of halogens is 1. The summed E-state index contributed by atoms with van der Waals surface area (Å²) in [5.74, 6) is -0.472. The van der Waals surface area contributed by atoms with Crippen molar-refractivity contribution in [3.8, 4) is 0 Å². The van der Waals surface area contributed by atoms with Gasteiger partial charge in [-0.3, -0.25) is 9.59 Å². The molecule has 0 fully saturated rings. The zero-order valence-electron chi connectivity index (χ0n) is 9.13. The van der Waals surface area contributed by atoms with Crippen LogP contribution in [0.15, 0.2) is 22.7 Å². The molecular weight excluding hydrogens is 272 g/mol. The first-order valence-corrected chi connectivity index (χ1v) is 5.59. The Labute approximate surface area is 103 Å². The van der Waals surface area contributed by atoms with E-state index in [0.29, 0.717) is 5.69 Å². The summed E-state index contributed by atoms with van der Waals surface area (Å²) < 4.78 is 0.853. The van der Waals surface area contributed by atoms with E-state index in [0.717, 1.165) is 10.0 Å². The number of nitrogens with one attached hydrogen (secondary N) is 2. The fourth-order valence-corrected chi connectivity index (χ4v) is 1.51. The Morgan fingerprint density at radius 2 is 2.06 bits per heavy atom. The van der Waals surface area contributed by atoms with Gasteiger partial charge in [-0.15, -0.1) is 0 Å². The van der Waals surface area contributed by atoms with Crippen molar-refractivity contribution in [2.75, 3.05) is 11.9 Å². The molecule has 0 saturated carbocycles. The van der Waals surface area contributed by atoms with Crippen molar-refractivity contribution in [1.29, 1.82) is 0 Å². The monoisotopic (exact) mass is 284 g/mol. The minimum absolute atomic E-state index is 0.0181. The van der Waals surface area contributed by atoms with Crippen LogP contribution in [-0.2, 0) is 9.59 Å². The largest absolute Gasteiger partial charge is 0.347 e. The number of benzene rings is 1. The number of carbonyl (C=O) groups is 2. The highest BCUT2D eigenvalue weighted by atomic mass is 79.9. The molecule has 4 nitrogen and oxygen atoms in total. The minimum atomic E-state index is -0.249. The van der Waals surface area contributed by atoms with Crippen LogP contribution in [0.1, 0.15) is 12.5 Å². The summed E-state index contributed by atoms with van der Waals surface area (Å²) in [7, 11) is 0. The number of anilines is 1. The first-order valence-electron chi connectivity index (χ1n) is 4.80. The molecule has 1 aromatic rings. The van der Waals surface area contributed by atoms with Crippen LogP contribution in [0.25, 0.3) is 0 Å². The van der Waals surface area contributed by atoms with E-state index in [2.05, 4.69) is 26.6 Å². The molecule has 0 unspecified atom stereocenters. The van der Waals surface area contributed by atoms with Crippen molar-refractivity contribution < 1.29 is 9.59 Å². The molecule has 0 spiro atoms. The van der Waals surface area contributed by atoms with Gasteiger partial charge in [0.2, 0.25) is 11.8 Å². The third kappa shape index (κ3) is 3.66. The van der Waals surface area contributed by atoms with Crippen LogP contribution >= 0.6 is 15.9 Å². The number of hydrogen-bond donors (Lipinski definition) is 2. The van der Waals surface area contributed by atoms with E-state index in [-0.39, 0.29) is 18.4 Å². The second-order valence-electron chi connectivity index (χ2n) is 3.39. The second kappa shape index (κ2) is 5.65. The molecule has 0 aliphatic heterocycles. The molecule has 0 aliphatic rings. The first-order chi connectivity index (χ1) is 7.50. The fourth-order valence-electron chi connectivity index (χ4n) is 1.14. The van der Waals surface area contributed by atoms with E-state index in [4.69, 9.17) is 0 Å². The minimum Gasteiger partial charge on any atom is -0.347 e. The third-order valence-corrected chi connectivity index (χ3v) is 3.02. The summed E-state index contributed by atoms with van der Waals surface area (Å²) in [4.78, 5) is 22.1. The molecule has 2 N–H and O–H groups in total. The topological polar surface area (TPSA) is 58.2 Å². The molecule has 0 aliphatic carbocycles. The third-order valence-electron chi connectivity index (χ3n) is 1.96. The van der Waals surface area contributed by atoms with Crippen molar-refractivity contribution in [3.05, 3.63) is 28.2 Å². The second-order valence-corrected chi connectivity index (χ2v) is 4.19. The average Bonchev–Trinajstić information content (AvgIpc) is 2.22. The van der Waals surface area contributed by atoms with Crippen molar-refractivity contribution in [1.82, 2.24) is 5.32 Å². The molecule has 86 valence electrons. The maximum atomic E-state index is 11.4. The van der Waals surface area contributed by atoms with Crippen LogP contribution in [0.3, 0.4) is 0 Å². The summed E-state index contributed by atoms with van der Waals surface area (Å²) in [6.45, 7) is 3.29. The molecule has 2 amide bonds. The van der Waals surface area contributed by atoms with Gasteiger partial charge in [0.15, 0.2) is 0 Å². The molecule has 5 heteroatoms. The lowest BCUT2D eigenvalue weighted by Gasteiger charge is -2.09. The highest BCUT2D eigenvalue weighted by molar-refractivity contribution is 9.10. The predicted octanol–water partition coefficient (Wildman–Crippen LogP) is 1.83. The Morgan fingerprint density at radius 1 is 1.38 bits per heavy atom. The summed E-state index contributed by atoms with van der Waals surface area (Å²) in [5.41, 5.74) is 1.74. The standard InChI is InChI=1S/C11H13BrN2O2/c1-7-4-3-5-9(11(7)12)14-10(16)6-13-8(2)15/h3-5H,6H2,1-2H3,(H,13,15)(H,14,16). The molecule has 1 aromatic carbocycles. The maximum absolute atomic E-state index is 11.4. The quantitative estimate of drug-likeness (QED) is 0.890. The van der Waals surface area contributed by atoms with Gasteiger partial charge in [-0.2, -0.15) is 0 Å². The van der Waals surface area contributed by atoms with Crippen LogP contribution in [0.5, 0.6) is 0 Å². The van der Waals surface area contributed by atoms with Crippen LogP contribution in [0.4, 0.5) is 5.69 Å². The van der Waals surface area contributed by atoms with E-state index in [1.165, 1.54) is 6.92 Å². The summed E-state index contributed by atoms with van der Waals surface area (Å²) >= 11 is 3.39. The molecule has 0 atom stereocenters. The average molecular weight is 285 g/mol. The highest BCUT2D eigenvalue weighted by Crippen LogP contribution is 2.25. The van der Waals surface area contributed by atoms with Gasteiger partial charge in [-0.25, -0.2) is 0 Å². The molecule has 1 rings (SSSR count). The fraction of sp³-hybridized carbons (Fsp3) is 0.273. The number of aryl methyl sites for hydroxylation is 1. The molecule has 0 aromatic heterocycles.